The van der Waals surface area contributed by atoms with Gasteiger partial charge in [-0.2, -0.15) is 0 Å². The molecule has 0 saturated heterocycles. The second kappa shape index (κ2) is 8.55. The van der Waals surface area contributed by atoms with Crippen LogP contribution < -0.4 is 10.6 Å². The summed E-state index contributed by atoms with van der Waals surface area (Å²) in [5.74, 6) is 1.09. The maximum Gasteiger partial charge on any atom is 0.412 e. The Morgan fingerprint density at radius 3 is 2.41 bits per heavy atom. The molecule has 0 atom stereocenters. The van der Waals surface area contributed by atoms with Crippen LogP contribution in [0.15, 0.2) is 42.5 Å². The Balaban J connectivity index is 1.55. The van der Waals surface area contributed by atoms with Gasteiger partial charge in [0.25, 0.3) is 0 Å². The number of nitrogens with one attached hydrogen (secondary N) is 2. The van der Waals surface area contributed by atoms with Crippen LogP contribution >= 0.6 is 0 Å². The van der Waals surface area contributed by atoms with Gasteiger partial charge in [0.05, 0.1) is 11.0 Å². The number of anilines is 2. The standard InChI is InChI=1S/C23H30N4O2/c1-23(2,3)29-22(28)25-17-11-9-16(10-12-17)7-6-8-21-26-19-15-18(24-4)13-14-20(19)27(21)5/h9-15,24H,6-8H2,1-5H3,(H,25,28). The van der Waals surface area contributed by atoms with Gasteiger partial charge in [-0.15, -0.1) is 0 Å². The highest BCUT2D eigenvalue weighted by molar-refractivity contribution is 5.84. The third kappa shape index (κ3) is 5.50. The fourth-order valence-electron chi connectivity index (χ4n) is 3.26. The summed E-state index contributed by atoms with van der Waals surface area (Å²) in [6.07, 6.45) is 2.44. The molecule has 0 fully saturated rings. The predicted molar refractivity (Wildman–Crippen MR) is 119 cm³/mol. The number of hydrogen-bond acceptors (Lipinski definition) is 4. The minimum atomic E-state index is -0.506. The van der Waals surface area contributed by atoms with E-state index in [2.05, 4.69) is 40.4 Å². The number of benzene rings is 2. The summed E-state index contributed by atoms with van der Waals surface area (Å²) in [6.45, 7) is 5.54. The molecular formula is C23H30N4O2. The van der Waals surface area contributed by atoms with Crippen LogP contribution in [0.3, 0.4) is 0 Å². The number of amides is 1. The van der Waals surface area contributed by atoms with E-state index >= 15 is 0 Å². The number of carbonyl (C=O) groups excluding carboxylic acids is 1. The molecule has 3 rings (SSSR count). The molecule has 2 N–H and O–H groups in total. The topological polar surface area (TPSA) is 68.2 Å². The average molecular weight is 395 g/mol. The lowest BCUT2D eigenvalue weighted by molar-refractivity contribution is 0.0636. The van der Waals surface area contributed by atoms with Crippen molar-refractivity contribution in [3.05, 3.63) is 53.9 Å². The van der Waals surface area contributed by atoms with Crippen LogP contribution in [0.1, 0.15) is 38.6 Å². The number of hydrogen-bond donors (Lipinski definition) is 2. The Kier molecular flexibility index (Phi) is 6.11. The lowest BCUT2D eigenvalue weighted by Gasteiger charge is -2.19. The molecule has 0 bridgehead atoms. The quantitative estimate of drug-likeness (QED) is 0.608. The van der Waals surface area contributed by atoms with Crippen molar-refractivity contribution < 1.29 is 9.53 Å². The molecule has 0 aliphatic carbocycles. The first-order valence-corrected chi connectivity index (χ1v) is 9.97. The zero-order valence-electron chi connectivity index (χ0n) is 17.9. The zero-order chi connectivity index (χ0) is 21.0. The van der Waals surface area contributed by atoms with Crippen molar-refractivity contribution in [2.24, 2.45) is 7.05 Å². The van der Waals surface area contributed by atoms with Gasteiger partial charge in [-0.05, 0) is 69.5 Å². The maximum atomic E-state index is 11.8. The maximum absolute atomic E-state index is 11.8. The number of aryl methyl sites for hydroxylation is 3. The molecule has 3 aromatic rings. The highest BCUT2D eigenvalue weighted by atomic mass is 16.6. The fourth-order valence-corrected chi connectivity index (χ4v) is 3.26. The third-order valence-electron chi connectivity index (χ3n) is 4.73. The van der Waals surface area contributed by atoms with Crippen molar-refractivity contribution >= 4 is 28.5 Å². The summed E-state index contributed by atoms with van der Waals surface area (Å²) in [4.78, 5) is 16.6. The summed E-state index contributed by atoms with van der Waals surface area (Å²) < 4.78 is 7.44. The van der Waals surface area contributed by atoms with E-state index in [1.54, 1.807) is 0 Å². The predicted octanol–water partition coefficient (Wildman–Crippen LogP) is 5.14. The highest BCUT2D eigenvalue weighted by Gasteiger charge is 2.16. The fraction of sp³-hybridized carbons (Fsp3) is 0.391. The minimum absolute atomic E-state index is 0.437. The lowest BCUT2D eigenvalue weighted by atomic mass is 10.1. The molecule has 0 saturated carbocycles. The van der Waals surface area contributed by atoms with Crippen molar-refractivity contribution in [1.29, 1.82) is 0 Å². The molecule has 6 nitrogen and oxygen atoms in total. The van der Waals surface area contributed by atoms with E-state index < -0.39 is 11.7 Å². The lowest BCUT2D eigenvalue weighted by Crippen LogP contribution is -2.27. The molecule has 0 radical (unpaired) electrons. The first kappa shape index (κ1) is 20.7. The first-order valence-electron chi connectivity index (χ1n) is 9.97. The van der Waals surface area contributed by atoms with Gasteiger partial charge >= 0.3 is 6.09 Å². The smallest absolute Gasteiger partial charge is 0.412 e. The van der Waals surface area contributed by atoms with Gasteiger partial charge in [0, 0.05) is 31.9 Å². The average Bonchev–Trinajstić information content (AvgIpc) is 2.97. The molecule has 1 heterocycles. The Morgan fingerprint density at radius 1 is 1.07 bits per heavy atom. The van der Waals surface area contributed by atoms with Gasteiger partial charge in [-0.3, -0.25) is 5.32 Å². The van der Waals surface area contributed by atoms with Crippen molar-refractivity contribution in [2.45, 2.75) is 45.6 Å². The Hall–Kier alpha value is -3.02. The van der Waals surface area contributed by atoms with Gasteiger partial charge in [-0.25, -0.2) is 9.78 Å². The van der Waals surface area contributed by atoms with Gasteiger partial charge in [-0.1, -0.05) is 12.1 Å². The van der Waals surface area contributed by atoms with E-state index in [0.717, 1.165) is 47.5 Å². The minimum Gasteiger partial charge on any atom is -0.444 e. The molecular weight excluding hydrogens is 364 g/mol. The number of nitrogens with zero attached hydrogens (tertiary/aromatic N) is 2. The number of aromatic nitrogens is 2. The summed E-state index contributed by atoms with van der Waals surface area (Å²) in [6, 6.07) is 14.2. The number of ether oxygens (including phenoxy) is 1. The van der Waals surface area contributed by atoms with Crippen LogP contribution in [-0.4, -0.2) is 28.3 Å². The van der Waals surface area contributed by atoms with Crippen molar-refractivity contribution in [3.63, 3.8) is 0 Å². The summed E-state index contributed by atoms with van der Waals surface area (Å²) >= 11 is 0. The third-order valence-corrected chi connectivity index (χ3v) is 4.73. The first-order chi connectivity index (χ1) is 13.7. The molecule has 6 heteroatoms. The van der Waals surface area contributed by atoms with Gasteiger partial charge < -0.3 is 14.6 Å². The Morgan fingerprint density at radius 2 is 1.76 bits per heavy atom. The number of rotatable bonds is 6. The number of imidazole rings is 1. The summed E-state index contributed by atoms with van der Waals surface area (Å²) in [5.41, 5.74) is 4.70. The van der Waals surface area contributed by atoms with Crippen LogP contribution in [0, 0.1) is 0 Å². The summed E-state index contributed by atoms with van der Waals surface area (Å²) in [5, 5.41) is 5.92. The monoisotopic (exact) mass is 394 g/mol. The van der Waals surface area contributed by atoms with Crippen molar-refractivity contribution in [2.75, 3.05) is 17.7 Å². The molecule has 0 aliphatic heterocycles. The molecule has 154 valence electrons. The molecule has 1 amide bonds. The van der Waals surface area contributed by atoms with E-state index in [1.165, 1.54) is 5.56 Å². The summed E-state index contributed by atoms with van der Waals surface area (Å²) in [7, 11) is 3.99. The van der Waals surface area contributed by atoms with E-state index in [-0.39, 0.29) is 0 Å². The van der Waals surface area contributed by atoms with Crippen LogP contribution in [0.25, 0.3) is 11.0 Å². The molecule has 0 spiro atoms. The van der Waals surface area contributed by atoms with Crippen LogP contribution in [-0.2, 0) is 24.6 Å². The van der Waals surface area contributed by atoms with Crippen LogP contribution in [0.2, 0.25) is 0 Å². The number of fused-ring (bicyclic) bond motifs is 1. The zero-order valence-corrected chi connectivity index (χ0v) is 17.9. The number of carbonyl (C=O) groups is 1. The van der Waals surface area contributed by atoms with E-state index in [1.807, 2.05) is 52.1 Å². The Labute approximate surface area is 172 Å². The molecule has 2 aromatic carbocycles. The SMILES string of the molecule is CNc1ccc2c(c1)nc(CCCc1ccc(NC(=O)OC(C)(C)C)cc1)n2C. The van der Waals surface area contributed by atoms with Gasteiger partial charge in [0.15, 0.2) is 0 Å². The molecule has 0 aliphatic rings. The largest absolute Gasteiger partial charge is 0.444 e. The van der Waals surface area contributed by atoms with Gasteiger partial charge in [0.2, 0.25) is 0 Å². The molecule has 29 heavy (non-hydrogen) atoms. The van der Waals surface area contributed by atoms with E-state index in [9.17, 15) is 4.79 Å². The second-order valence-corrected chi connectivity index (χ2v) is 8.22. The normalized spacial score (nSPS) is 11.5. The van der Waals surface area contributed by atoms with Crippen molar-refractivity contribution in [3.8, 4) is 0 Å². The second-order valence-electron chi connectivity index (χ2n) is 8.22. The van der Waals surface area contributed by atoms with Crippen LogP contribution in [0.5, 0.6) is 0 Å². The highest BCUT2D eigenvalue weighted by Crippen LogP contribution is 2.21. The van der Waals surface area contributed by atoms with Crippen LogP contribution in [0.4, 0.5) is 16.2 Å². The van der Waals surface area contributed by atoms with Crippen molar-refractivity contribution in [1.82, 2.24) is 9.55 Å². The Bertz CT molecular complexity index is 985. The molecule has 1 aromatic heterocycles. The van der Waals surface area contributed by atoms with Gasteiger partial charge in [0.1, 0.15) is 11.4 Å². The van der Waals surface area contributed by atoms with E-state index in [0.29, 0.717) is 0 Å². The molecule has 0 unspecified atom stereocenters. The van der Waals surface area contributed by atoms with E-state index in [4.69, 9.17) is 9.72 Å².